The summed E-state index contributed by atoms with van der Waals surface area (Å²) in [5.41, 5.74) is 5.50. The molecule has 1 aliphatic rings. The first-order valence-corrected chi connectivity index (χ1v) is 11.1. The van der Waals surface area contributed by atoms with E-state index in [9.17, 15) is 4.79 Å². The molecule has 2 N–H and O–H groups in total. The van der Waals surface area contributed by atoms with E-state index >= 15 is 0 Å². The number of nitrogens with zero attached hydrogens (tertiary/aromatic N) is 3. The molecule has 0 unspecified atom stereocenters. The molecule has 1 saturated heterocycles. The predicted octanol–water partition coefficient (Wildman–Crippen LogP) is 4.02. The number of hydrogen-bond acceptors (Lipinski definition) is 7. The number of carbonyl (C=O) groups excluding carboxylic acids is 1. The molecule has 3 heterocycles. The Morgan fingerprint density at radius 3 is 2.54 bits per heavy atom. The topological polar surface area (TPSA) is 71.7 Å². The average Bonchev–Trinajstić information content (AvgIpc) is 3.22. The Morgan fingerprint density at radius 2 is 1.96 bits per heavy atom. The summed E-state index contributed by atoms with van der Waals surface area (Å²) < 4.78 is 6.93. The highest BCUT2D eigenvalue weighted by Crippen LogP contribution is 2.35. The van der Waals surface area contributed by atoms with Gasteiger partial charge in [-0.1, -0.05) is 11.3 Å². The molecular weight excluding hydrogens is 439 g/mol. The zero-order valence-electron chi connectivity index (χ0n) is 16.4. The fourth-order valence-electron chi connectivity index (χ4n) is 3.17. The maximum atomic E-state index is 12.8. The van der Waals surface area contributed by atoms with Gasteiger partial charge >= 0.3 is 0 Å². The van der Waals surface area contributed by atoms with Crippen molar-refractivity contribution < 1.29 is 9.53 Å². The lowest BCUT2D eigenvalue weighted by Gasteiger charge is -2.31. The number of anilines is 1. The normalized spacial score (nSPS) is 14.6. The van der Waals surface area contributed by atoms with Crippen LogP contribution in [0.5, 0.6) is 0 Å². The summed E-state index contributed by atoms with van der Waals surface area (Å²) in [6.07, 6.45) is 2.96. The number of nitrogens with two attached hydrogens (primary N) is 1. The minimum atomic E-state index is 0. The predicted molar refractivity (Wildman–Crippen MR) is 124 cm³/mol. The van der Waals surface area contributed by atoms with Crippen LogP contribution in [0.3, 0.4) is 0 Å². The van der Waals surface area contributed by atoms with Gasteiger partial charge in [-0.25, -0.2) is 4.98 Å². The summed E-state index contributed by atoms with van der Waals surface area (Å²) in [5, 5.41) is 1.05. The van der Waals surface area contributed by atoms with Crippen molar-refractivity contribution >= 4 is 68.1 Å². The maximum Gasteiger partial charge on any atom is 0.264 e. The Kier molecular flexibility index (Phi) is 11.0. The van der Waals surface area contributed by atoms with Crippen molar-refractivity contribution in [3.05, 3.63) is 10.9 Å². The van der Waals surface area contributed by atoms with Gasteiger partial charge < -0.3 is 20.3 Å². The highest BCUT2D eigenvalue weighted by Gasteiger charge is 2.26. The highest BCUT2D eigenvalue weighted by atomic mass is 35.5. The SMILES string of the molecule is CCN(CC)c1nc2sc(C(=O)N3CCC(OCCCN)CC3)cc2s1.Cl.Cl. The van der Waals surface area contributed by atoms with Crippen LogP contribution in [0.15, 0.2) is 6.07 Å². The molecular formula is C18H30Cl2N4O2S2. The first kappa shape index (κ1) is 25.4. The number of likely N-dealkylation sites (tertiary alicyclic amines) is 1. The van der Waals surface area contributed by atoms with Gasteiger partial charge in [-0.2, -0.15) is 0 Å². The minimum absolute atomic E-state index is 0. The molecule has 2 aromatic heterocycles. The molecule has 0 spiro atoms. The van der Waals surface area contributed by atoms with E-state index in [-0.39, 0.29) is 36.8 Å². The lowest BCUT2D eigenvalue weighted by molar-refractivity contribution is 0.00858. The molecule has 6 nitrogen and oxygen atoms in total. The van der Waals surface area contributed by atoms with Crippen molar-refractivity contribution in [2.75, 3.05) is 44.2 Å². The van der Waals surface area contributed by atoms with E-state index in [0.717, 1.165) is 71.6 Å². The van der Waals surface area contributed by atoms with E-state index in [1.165, 1.54) is 11.3 Å². The van der Waals surface area contributed by atoms with Gasteiger partial charge in [0.1, 0.15) is 4.83 Å². The number of thiazole rings is 1. The summed E-state index contributed by atoms with van der Waals surface area (Å²) in [6, 6.07) is 2.01. The Labute approximate surface area is 187 Å². The number of hydrogen-bond donors (Lipinski definition) is 1. The third kappa shape index (κ3) is 5.93. The first-order valence-electron chi connectivity index (χ1n) is 9.42. The van der Waals surface area contributed by atoms with Crippen molar-refractivity contribution in [3.63, 3.8) is 0 Å². The lowest BCUT2D eigenvalue weighted by atomic mass is 10.1. The summed E-state index contributed by atoms with van der Waals surface area (Å²) in [7, 11) is 0. The van der Waals surface area contributed by atoms with Crippen molar-refractivity contribution in [1.82, 2.24) is 9.88 Å². The van der Waals surface area contributed by atoms with Crippen LogP contribution in [0.1, 0.15) is 42.8 Å². The van der Waals surface area contributed by atoms with Crippen LogP contribution in [0.25, 0.3) is 9.53 Å². The molecule has 160 valence electrons. The zero-order chi connectivity index (χ0) is 18.5. The van der Waals surface area contributed by atoms with Gasteiger partial charge in [-0.3, -0.25) is 4.79 Å². The average molecular weight is 470 g/mol. The van der Waals surface area contributed by atoms with Crippen LogP contribution in [-0.2, 0) is 4.74 Å². The molecule has 0 aliphatic carbocycles. The molecule has 1 fully saturated rings. The maximum absolute atomic E-state index is 12.8. The van der Waals surface area contributed by atoms with Crippen LogP contribution >= 0.6 is 47.5 Å². The molecule has 1 aliphatic heterocycles. The number of piperidine rings is 1. The van der Waals surface area contributed by atoms with Crippen LogP contribution in [0.4, 0.5) is 5.13 Å². The largest absolute Gasteiger partial charge is 0.378 e. The number of thiophene rings is 1. The molecule has 0 bridgehead atoms. The van der Waals surface area contributed by atoms with E-state index in [2.05, 4.69) is 18.7 Å². The molecule has 28 heavy (non-hydrogen) atoms. The van der Waals surface area contributed by atoms with Crippen molar-refractivity contribution in [2.24, 2.45) is 5.73 Å². The van der Waals surface area contributed by atoms with Gasteiger partial charge in [0, 0.05) is 32.8 Å². The second-order valence-corrected chi connectivity index (χ2v) is 8.49. The Bertz CT molecular complexity index is 697. The van der Waals surface area contributed by atoms with E-state index in [1.54, 1.807) is 11.3 Å². The smallest absolute Gasteiger partial charge is 0.264 e. The fourth-order valence-corrected chi connectivity index (χ4v) is 5.48. The standard InChI is InChI=1S/C18H28N4O2S2.2ClH/c1-3-21(4-2)18-20-16-14(26-18)12-15(25-16)17(23)22-9-6-13(7-10-22)24-11-5-8-19;;/h12-13H,3-11,19H2,1-2H3;2*1H. The van der Waals surface area contributed by atoms with E-state index in [0.29, 0.717) is 6.54 Å². The first-order chi connectivity index (χ1) is 12.7. The molecule has 0 aromatic carbocycles. The van der Waals surface area contributed by atoms with Gasteiger partial charge in [0.05, 0.1) is 15.7 Å². The van der Waals surface area contributed by atoms with Gasteiger partial charge in [0.15, 0.2) is 5.13 Å². The van der Waals surface area contributed by atoms with Crippen LogP contribution in [0, 0.1) is 0 Å². The Hall–Kier alpha value is -0.640. The van der Waals surface area contributed by atoms with E-state index < -0.39 is 0 Å². The Balaban J connectivity index is 0.00000196. The second kappa shape index (κ2) is 12.1. The fraction of sp³-hybridized carbons (Fsp3) is 0.667. The van der Waals surface area contributed by atoms with Crippen LogP contribution < -0.4 is 10.6 Å². The number of halogens is 2. The number of ether oxygens (including phenoxy) is 1. The summed E-state index contributed by atoms with van der Waals surface area (Å²) >= 11 is 3.19. The van der Waals surface area contributed by atoms with Gasteiger partial charge in [-0.15, -0.1) is 36.2 Å². The van der Waals surface area contributed by atoms with E-state index in [4.69, 9.17) is 15.5 Å². The minimum Gasteiger partial charge on any atom is -0.378 e. The number of aromatic nitrogens is 1. The van der Waals surface area contributed by atoms with Crippen LogP contribution in [0.2, 0.25) is 0 Å². The molecule has 0 atom stereocenters. The molecule has 10 heteroatoms. The Morgan fingerprint density at radius 1 is 1.29 bits per heavy atom. The molecule has 1 amide bonds. The molecule has 0 radical (unpaired) electrons. The quantitative estimate of drug-likeness (QED) is 0.592. The zero-order valence-corrected chi connectivity index (χ0v) is 19.7. The molecule has 3 rings (SSSR count). The molecule has 0 saturated carbocycles. The van der Waals surface area contributed by atoms with Gasteiger partial charge in [-0.05, 0) is 45.7 Å². The number of rotatable bonds is 8. The van der Waals surface area contributed by atoms with Crippen molar-refractivity contribution in [1.29, 1.82) is 0 Å². The van der Waals surface area contributed by atoms with Crippen LogP contribution in [-0.4, -0.2) is 61.2 Å². The van der Waals surface area contributed by atoms with Gasteiger partial charge in [0.25, 0.3) is 5.91 Å². The molecule has 2 aromatic rings. The number of amides is 1. The second-order valence-electron chi connectivity index (χ2n) is 6.45. The number of carbonyl (C=O) groups is 1. The summed E-state index contributed by atoms with van der Waals surface area (Å²) in [5.74, 6) is 0.130. The van der Waals surface area contributed by atoms with Gasteiger partial charge in [0.2, 0.25) is 0 Å². The number of fused-ring (bicyclic) bond motifs is 1. The third-order valence-corrected chi connectivity index (χ3v) is 6.96. The summed E-state index contributed by atoms with van der Waals surface area (Å²) in [4.78, 5) is 23.5. The monoisotopic (exact) mass is 468 g/mol. The highest BCUT2D eigenvalue weighted by molar-refractivity contribution is 7.29. The lowest BCUT2D eigenvalue weighted by Crippen LogP contribution is -2.40. The van der Waals surface area contributed by atoms with Crippen molar-refractivity contribution in [2.45, 2.75) is 39.2 Å². The third-order valence-electron chi connectivity index (χ3n) is 4.75. The van der Waals surface area contributed by atoms with Crippen molar-refractivity contribution in [3.8, 4) is 0 Å². The summed E-state index contributed by atoms with van der Waals surface area (Å²) in [6.45, 7) is 9.07. The van der Waals surface area contributed by atoms with E-state index in [1.807, 2.05) is 11.0 Å².